The van der Waals surface area contributed by atoms with Gasteiger partial charge in [-0.3, -0.25) is 25.2 Å². The highest BCUT2D eigenvalue weighted by Crippen LogP contribution is 2.28. The molecule has 0 radical (unpaired) electrons. The third kappa shape index (κ3) is 21.3. The first-order valence-corrected chi connectivity index (χ1v) is 23.3. The number of nitrogens with one attached hydrogen (secondary N) is 5. The monoisotopic (exact) mass is 851 g/mol. The van der Waals surface area contributed by atoms with Gasteiger partial charge in [0.1, 0.15) is 0 Å². The molecule has 3 rings (SSSR count). The highest BCUT2D eigenvalue weighted by Gasteiger charge is 2.38. The molecule has 0 saturated carbocycles. The number of hydrogen-bond acceptors (Lipinski definition) is 12. The van der Waals surface area contributed by atoms with Crippen LogP contribution in [0.3, 0.4) is 0 Å². The van der Waals surface area contributed by atoms with Crippen LogP contribution in [0.15, 0.2) is 53.4 Å². The first kappa shape index (κ1) is 49.4. The molecule has 0 bridgehead atoms. The van der Waals surface area contributed by atoms with Crippen LogP contribution < -0.4 is 26.2 Å². The minimum absolute atomic E-state index is 0.140. The van der Waals surface area contributed by atoms with Crippen molar-refractivity contribution in [1.82, 2.24) is 16.1 Å². The second-order valence-corrected chi connectivity index (χ2v) is 18.5. The van der Waals surface area contributed by atoms with Crippen LogP contribution in [0.2, 0.25) is 0 Å². The smallest absolute Gasteiger partial charge is 0.327 e. The molecule has 2 aromatic rings. The maximum absolute atomic E-state index is 13.0. The molecule has 0 aromatic heterocycles. The lowest BCUT2D eigenvalue weighted by atomic mass is 9.79. The Hall–Kier alpha value is -2.96. The minimum Gasteiger partial charge on any atom is -0.379 e. The van der Waals surface area contributed by atoms with Gasteiger partial charge in [-0.2, -0.15) is 11.8 Å². The van der Waals surface area contributed by atoms with E-state index in [2.05, 4.69) is 60.8 Å². The first-order chi connectivity index (χ1) is 27.8. The van der Waals surface area contributed by atoms with Crippen LogP contribution in [0, 0.1) is 0 Å². The van der Waals surface area contributed by atoms with Crippen LogP contribution in [0.1, 0.15) is 91.5 Å². The van der Waals surface area contributed by atoms with E-state index < -0.39 is 21.8 Å². The minimum atomic E-state index is -3.82. The van der Waals surface area contributed by atoms with Crippen LogP contribution in [0.25, 0.3) is 0 Å². The number of hydrogen-bond donors (Lipinski definition) is 5. The predicted molar refractivity (Wildman–Crippen MR) is 232 cm³/mol. The summed E-state index contributed by atoms with van der Waals surface area (Å²) in [7, 11) is -3.82. The molecule has 328 valence electrons. The van der Waals surface area contributed by atoms with Gasteiger partial charge in [-0.25, -0.2) is 8.42 Å². The van der Waals surface area contributed by atoms with Crippen molar-refractivity contribution in [1.29, 1.82) is 0 Å². The number of rotatable bonds is 30. The van der Waals surface area contributed by atoms with E-state index in [0.717, 1.165) is 30.1 Å². The zero-order valence-corrected chi connectivity index (χ0v) is 37.0. The van der Waals surface area contributed by atoms with Gasteiger partial charge in [-0.05, 0) is 88.9 Å². The topological polar surface area (TPSA) is 175 Å². The summed E-state index contributed by atoms with van der Waals surface area (Å²) in [6, 6.07) is 12.9. The molecular weight excluding hydrogens is 783 g/mol. The average Bonchev–Trinajstić information content (AvgIpc) is 3.16. The van der Waals surface area contributed by atoms with E-state index >= 15 is 0 Å². The fourth-order valence-corrected chi connectivity index (χ4v) is 8.60. The molecule has 1 aliphatic heterocycles. The molecule has 0 unspecified atom stereocenters. The summed E-state index contributed by atoms with van der Waals surface area (Å²) in [6.07, 6.45) is 8.99. The summed E-state index contributed by atoms with van der Waals surface area (Å²) in [4.78, 5) is 25.1. The summed E-state index contributed by atoms with van der Waals surface area (Å²) in [5, 5.41) is 6.38. The molecule has 1 fully saturated rings. The third-order valence-corrected chi connectivity index (χ3v) is 11.6. The Morgan fingerprint density at radius 3 is 1.74 bits per heavy atom. The van der Waals surface area contributed by atoms with Crippen LogP contribution >= 0.6 is 11.8 Å². The molecule has 1 saturated heterocycles. The normalized spacial score (nSPS) is 15.2. The average molecular weight is 852 g/mol. The highest BCUT2D eigenvalue weighted by molar-refractivity contribution is 7.98. The van der Waals surface area contributed by atoms with Gasteiger partial charge in [0, 0.05) is 40.9 Å². The Morgan fingerprint density at radius 2 is 1.17 bits per heavy atom. The fourth-order valence-electron chi connectivity index (χ4n) is 6.74. The van der Waals surface area contributed by atoms with Gasteiger partial charge in [-0.15, -0.1) is 0 Å². The number of carbonyl (C=O) groups is 2. The summed E-state index contributed by atoms with van der Waals surface area (Å²) >= 11 is 1.70. The highest BCUT2D eigenvalue weighted by atomic mass is 32.2. The van der Waals surface area contributed by atoms with E-state index in [1.807, 2.05) is 0 Å². The van der Waals surface area contributed by atoms with Crippen LogP contribution in [0.5, 0.6) is 0 Å². The molecule has 0 atom stereocenters. The van der Waals surface area contributed by atoms with Gasteiger partial charge < -0.3 is 34.3 Å². The van der Waals surface area contributed by atoms with Crippen molar-refractivity contribution in [3.8, 4) is 0 Å². The Balaban J connectivity index is 1.18. The van der Waals surface area contributed by atoms with Crippen molar-refractivity contribution in [2.45, 2.75) is 114 Å². The molecule has 14 nitrogen and oxygen atoms in total. The van der Waals surface area contributed by atoms with Crippen molar-refractivity contribution >= 4 is 45.0 Å². The lowest BCUT2D eigenvalue weighted by Crippen LogP contribution is -2.63. The van der Waals surface area contributed by atoms with Gasteiger partial charge in [0.15, 0.2) is 0 Å². The van der Waals surface area contributed by atoms with E-state index in [0.29, 0.717) is 83.7 Å². The van der Waals surface area contributed by atoms with E-state index in [-0.39, 0.29) is 22.0 Å². The maximum Gasteiger partial charge on any atom is 0.327 e. The van der Waals surface area contributed by atoms with Gasteiger partial charge in [0.05, 0.1) is 70.0 Å². The molecule has 58 heavy (non-hydrogen) atoms. The molecule has 2 aromatic carbocycles. The number of sulfonamides is 1. The first-order valence-electron chi connectivity index (χ1n) is 20.6. The number of carbonyl (C=O) groups excluding carboxylic acids is 2. The zero-order valence-electron chi connectivity index (χ0n) is 35.3. The van der Waals surface area contributed by atoms with Crippen molar-refractivity contribution in [3.63, 3.8) is 0 Å². The number of anilines is 2. The summed E-state index contributed by atoms with van der Waals surface area (Å²) in [6.45, 7) is 16.2. The van der Waals surface area contributed by atoms with Gasteiger partial charge in [0.2, 0.25) is 0 Å². The zero-order chi connectivity index (χ0) is 42.1. The number of benzene rings is 2. The largest absolute Gasteiger partial charge is 0.379 e. The Kier molecular flexibility index (Phi) is 23.0. The van der Waals surface area contributed by atoms with E-state index in [1.165, 1.54) is 32.1 Å². The molecule has 16 heteroatoms. The molecule has 1 heterocycles. The summed E-state index contributed by atoms with van der Waals surface area (Å²) < 4.78 is 56.5. The maximum atomic E-state index is 13.0. The Bertz CT molecular complexity index is 1550. The lowest BCUT2D eigenvalue weighted by molar-refractivity contribution is -0.139. The van der Waals surface area contributed by atoms with Crippen LogP contribution in [-0.4, -0.2) is 109 Å². The number of ether oxygens (including phenoxy) is 5. The van der Waals surface area contributed by atoms with Gasteiger partial charge in [0.25, 0.3) is 10.0 Å². The number of piperidine rings is 1. The van der Waals surface area contributed by atoms with Crippen molar-refractivity contribution in [2.24, 2.45) is 0 Å². The molecular formula is C42H69N5O9S2. The second kappa shape index (κ2) is 27.0. The second-order valence-electron chi connectivity index (χ2n) is 15.8. The molecule has 5 N–H and O–H groups in total. The van der Waals surface area contributed by atoms with Crippen molar-refractivity contribution in [2.75, 3.05) is 82.0 Å². The Morgan fingerprint density at radius 1 is 0.672 bits per heavy atom. The molecule has 0 aliphatic carbocycles. The molecule has 2 amide bonds. The van der Waals surface area contributed by atoms with Crippen molar-refractivity contribution in [3.05, 3.63) is 54.1 Å². The Labute approximate surface area is 351 Å². The summed E-state index contributed by atoms with van der Waals surface area (Å²) in [5.41, 5.74) is 6.58. The van der Waals surface area contributed by atoms with Gasteiger partial charge >= 0.3 is 11.8 Å². The summed E-state index contributed by atoms with van der Waals surface area (Å²) in [5.74, 6) is -0.0215. The van der Waals surface area contributed by atoms with Crippen LogP contribution in [-0.2, 0) is 49.0 Å². The van der Waals surface area contributed by atoms with E-state index in [4.69, 9.17) is 23.7 Å². The van der Waals surface area contributed by atoms with Crippen LogP contribution in [0.4, 0.5) is 11.4 Å². The molecule has 1 aliphatic rings. The van der Waals surface area contributed by atoms with Crippen molar-refractivity contribution < 1.29 is 41.7 Å². The standard InChI is InChI=1S/C42H69N5O9S2/c1-6-7-8-9-10-11-20-52-21-22-53-23-24-54-25-26-55-27-28-56-29-30-57-33-34-12-18-38(19-13-34)58(50,51)46-36-16-14-35(15-17-36)44-45-40(49)39(48)43-37-31-41(2,3)47-42(4,5)32-37/h12-19,37,44,46-47H,6-11,20-33H2,1-5H3,(H,43,48)(H,45,49). The van der Waals surface area contributed by atoms with Gasteiger partial charge in [-0.1, -0.05) is 51.2 Å². The number of thioether (sulfide) groups is 1. The number of hydrazine groups is 1. The SMILES string of the molecule is CCCCCCCCOCCOCCOCCOCCOCCSCc1ccc(S(=O)(=O)Nc2ccc(NNC(=O)C(=O)NC3CC(C)(C)NC(C)(C)C3)cc2)cc1. The predicted octanol–water partition coefficient (Wildman–Crippen LogP) is 6.03. The molecule has 0 spiro atoms. The van der Waals surface area contributed by atoms with E-state index in [9.17, 15) is 18.0 Å². The number of amides is 2. The fraction of sp³-hybridized carbons (Fsp3) is 0.667. The van der Waals surface area contributed by atoms with E-state index in [1.54, 1.807) is 60.3 Å². The third-order valence-electron chi connectivity index (χ3n) is 9.19. The lowest BCUT2D eigenvalue weighted by Gasteiger charge is -2.46. The number of unbranched alkanes of at least 4 members (excludes halogenated alkanes) is 5. The quantitative estimate of drug-likeness (QED) is 0.0351.